The molecule has 1 aromatic carbocycles. The summed E-state index contributed by atoms with van der Waals surface area (Å²) in [5, 5.41) is 14.0. The topological polar surface area (TPSA) is 32.3 Å². The Morgan fingerprint density at radius 1 is 1.39 bits per heavy atom. The van der Waals surface area contributed by atoms with Gasteiger partial charge in [0.1, 0.15) is 0 Å². The van der Waals surface area contributed by atoms with Crippen molar-refractivity contribution in [3.05, 3.63) is 34.9 Å². The Hall–Kier alpha value is -0.570. The van der Waals surface area contributed by atoms with E-state index in [0.717, 1.165) is 36.4 Å². The lowest BCUT2D eigenvalue weighted by Crippen LogP contribution is -2.30. The first-order valence-corrected chi connectivity index (χ1v) is 7.20. The molecule has 1 aliphatic carbocycles. The second-order valence-electron chi connectivity index (χ2n) is 5.34. The van der Waals surface area contributed by atoms with Gasteiger partial charge in [0.05, 0.1) is 6.10 Å². The molecule has 0 saturated heterocycles. The van der Waals surface area contributed by atoms with Crippen molar-refractivity contribution in [3.8, 4) is 0 Å². The molecule has 1 aromatic rings. The van der Waals surface area contributed by atoms with E-state index in [2.05, 4.69) is 18.3 Å². The van der Waals surface area contributed by atoms with Crippen molar-refractivity contribution in [2.24, 2.45) is 5.92 Å². The fourth-order valence-corrected chi connectivity index (χ4v) is 3.03. The highest BCUT2D eigenvalue weighted by atomic mass is 35.5. The summed E-state index contributed by atoms with van der Waals surface area (Å²) in [5.41, 5.74) is 1.15. The summed E-state index contributed by atoms with van der Waals surface area (Å²) < 4.78 is 0. The number of benzene rings is 1. The molecule has 0 aromatic heterocycles. The quantitative estimate of drug-likeness (QED) is 0.875. The van der Waals surface area contributed by atoms with Gasteiger partial charge >= 0.3 is 0 Å². The second kappa shape index (κ2) is 6.55. The van der Waals surface area contributed by atoms with Crippen LogP contribution in [0.15, 0.2) is 24.3 Å². The lowest BCUT2D eigenvalue weighted by Gasteiger charge is -2.27. The zero-order valence-corrected chi connectivity index (χ0v) is 11.7. The van der Waals surface area contributed by atoms with Gasteiger partial charge in [-0.25, -0.2) is 0 Å². The van der Waals surface area contributed by atoms with E-state index in [0.29, 0.717) is 5.92 Å². The van der Waals surface area contributed by atoms with Crippen LogP contribution >= 0.6 is 11.6 Å². The van der Waals surface area contributed by atoms with Gasteiger partial charge in [0.15, 0.2) is 0 Å². The number of rotatable bonds is 4. The predicted molar refractivity (Wildman–Crippen MR) is 75.8 cm³/mol. The monoisotopic (exact) mass is 267 g/mol. The van der Waals surface area contributed by atoms with E-state index in [1.807, 2.05) is 18.2 Å². The van der Waals surface area contributed by atoms with Crippen LogP contribution in [0.2, 0.25) is 5.02 Å². The third-order valence-electron chi connectivity index (χ3n) is 3.84. The molecular formula is C15H22ClNO. The molecule has 2 nitrogen and oxygen atoms in total. The highest BCUT2D eigenvalue weighted by molar-refractivity contribution is 6.31. The zero-order valence-electron chi connectivity index (χ0n) is 10.9. The van der Waals surface area contributed by atoms with Crippen molar-refractivity contribution in [2.75, 3.05) is 6.54 Å². The molecule has 1 saturated carbocycles. The van der Waals surface area contributed by atoms with Crippen LogP contribution in [-0.4, -0.2) is 17.8 Å². The largest absolute Gasteiger partial charge is 0.393 e. The molecule has 3 unspecified atom stereocenters. The molecule has 3 atom stereocenters. The maximum absolute atomic E-state index is 9.66. The van der Waals surface area contributed by atoms with Gasteiger partial charge in [0.25, 0.3) is 0 Å². The molecule has 0 bridgehead atoms. The first-order valence-electron chi connectivity index (χ1n) is 6.82. The van der Waals surface area contributed by atoms with Crippen molar-refractivity contribution in [1.82, 2.24) is 5.32 Å². The Balaban J connectivity index is 1.84. The molecule has 100 valence electrons. The molecule has 0 radical (unpaired) electrons. The maximum Gasteiger partial charge on any atom is 0.0543 e. The number of halogens is 1. The van der Waals surface area contributed by atoms with Crippen molar-refractivity contribution in [3.63, 3.8) is 0 Å². The van der Waals surface area contributed by atoms with Crippen LogP contribution < -0.4 is 5.32 Å². The number of hydrogen-bond acceptors (Lipinski definition) is 2. The molecule has 3 heteroatoms. The summed E-state index contributed by atoms with van der Waals surface area (Å²) in [5.74, 6) is 0.596. The molecule has 0 heterocycles. The number of aliphatic hydroxyl groups excluding tert-OH is 1. The molecule has 0 aliphatic heterocycles. The SMILES string of the molecule is CC(NCC1CCCC(O)C1)c1ccccc1Cl. The van der Waals surface area contributed by atoms with Gasteiger partial charge < -0.3 is 10.4 Å². The van der Waals surface area contributed by atoms with Gasteiger partial charge in [0, 0.05) is 11.1 Å². The molecular weight excluding hydrogens is 246 g/mol. The van der Waals surface area contributed by atoms with Crippen LogP contribution in [0.5, 0.6) is 0 Å². The Labute approximate surface area is 114 Å². The van der Waals surface area contributed by atoms with Gasteiger partial charge in [-0.3, -0.25) is 0 Å². The number of hydrogen-bond donors (Lipinski definition) is 2. The molecule has 0 amide bonds. The highest BCUT2D eigenvalue weighted by Gasteiger charge is 2.20. The van der Waals surface area contributed by atoms with Crippen molar-refractivity contribution < 1.29 is 5.11 Å². The first-order chi connectivity index (χ1) is 8.66. The normalized spacial score (nSPS) is 25.9. The van der Waals surface area contributed by atoms with Gasteiger partial charge in [-0.2, -0.15) is 0 Å². The van der Waals surface area contributed by atoms with Crippen LogP contribution in [0.25, 0.3) is 0 Å². The van der Waals surface area contributed by atoms with Gasteiger partial charge in [-0.1, -0.05) is 36.2 Å². The van der Waals surface area contributed by atoms with E-state index in [1.54, 1.807) is 0 Å². The summed E-state index contributed by atoms with van der Waals surface area (Å²) in [6, 6.07) is 8.23. The lowest BCUT2D eigenvalue weighted by atomic mass is 9.87. The lowest BCUT2D eigenvalue weighted by molar-refractivity contribution is 0.0998. The maximum atomic E-state index is 9.66. The molecule has 2 N–H and O–H groups in total. The Kier molecular flexibility index (Phi) is 5.04. The summed E-state index contributed by atoms with van der Waals surface area (Å²) in [6.07, 6.45) is 4.17. The fourth-order valence-electron chi connectivity index (χ4n) is 2.73. The average Bonchev–Trinajstić information content (AvgIpc) is 2.37. The number of nitrogens with one attached hydrogen (secondary N) is 1. The van der Waals surface area contributed by atoms with Crippen molar-refractivity contribution in [1.29, 1.82) is 0 Å². The van der Waals surface area contributed by atoms with E-state index in [9.17, 15) is 5.11 Å². The zero-order chi connectivity index (χ0) is 13.0. The summed E-state index contributed by atoms with van der Waals surface area (Å²) in [7, 11) is 0. The molecule has 18 heavy (non-hydrogen) atoms. The highest BCUT2D eigenvalue weighted by Crippen LogP contribution is 2.26. The minimum Gasteiger partial charge on any atom is -0.393 e. The Morgan fingerprint density at radius 2 is 2.17 bits per heavy atom. The van der Waals surface area contributed by atoms with Gasteiger partial charge in [-0.05, 0) is 50.3 Å². The van der Waals surface area contributed by atoms with Gasteiger partial charge in [0.2, 0.25) is 0 Å². The Bertz CT molecular complexity index is 383. The minimum absolute atomic E-state index is 0.0961. The van der Waals surface area contributed by atoms with Crippen LogP contribution in [0, 0.1) is 5.92 Å². The van der Waals surface area contributed by atoms with E-state index >= 15 is 0 Å². The summed E-state index contributed by atoms with van der Waals surface area (Å²) in [6.45, 7) is 3.10. The number of aliphatic hydroxyl groups is 1. The molecule has 0 spiro atoms. The third kappa shape index (κ3) is 3.71. The van der Waals surface area contributed by atoms with Crippen LogP contribution in [-0.2, 0) is 0 Å². The van der Waals surface area contributed by atoms with E-state index < -0.39 is 0 Å². The minimum atomic E-state index is -0.0961. The predicted octanol–water partition coefficient (Wildman–Crippen LogP) is 3.54. The van der Waals surface area contributed by atoms with E-state index in [-0.39, 0.29) is 12.1 Å². The fraction of sp³-hybridized carbons (Fsp3) is 0.600. The molecule has 2 rings (SSSR count). The average molecular weight is 268 g/mol. The van der Waals surface area contributed by atoms with Crippen LogP contribution in [0.4, 0.5) is 0 Å². The molecule has 1 aliphatic rings. The van der Waals surface area contributed by atoms with Crippen LogP contribution in [0.1, 0.15) is 44.2 Å². The van der Waals surface area contributed by atoms with E-state index in [1.165, 1.54) is 6.42 Å². The van der Waals surface area contributed by atoms with Crippen LogP contribution in [0.3, 0.4) is 0 Å². The summed E-state index contributed by atoms with van der Waals surface area (Å²) >= 11 is 6.18. The molecule has 1 fully saturated rings. The summed E-state index contributed by atoms with van der Waals surface area (Å²) in [4.78, 5) is 0. The second-order valence-corrected chi connectivity index (χ2v) is 5.75. The standard InChI is InChI=1S/C15H22ClNO/c1-11(14-7-2-3-8-15(14)16)17-10-12-5-4-6-13(18)9-12/h2-3,7-8,11-13,17-18H,4-6,9-10H2,1H3. The Morgan fingerprint density at radius 3 is 2.89 bits per heavy atom. The third-order valence-corrected chi connectivity index (χ3v) is 4.18. The van der Waals surface area contributed by atoms with E-state index in [4.69, 9.17) is 11.6 Å². The smallest absolute Gasteiger partial charge is 0.0543 e. The van der Waals surface area contributed by atoms with Gasteiger partial charge in [-0.15, -0.1) is 0 Å². The first kappa shape index (κ1) is 13.9. The van der Waals surface area contributed by atoms with Crippen molar-refractivity contribution in [2.45, 2.75) is 44.8 Å². The van der Waals surface area contributed by atoms with Crippen molar-refractivity contribution >= 4 is 11.6 Å².